The van der Waals surface area contributed by atoms with Crippen molar-refractivity contribution in [3.63, 3.8) is 0 Å². The van der Waals surface area contributed by atoms with Crippen LogP contribution < -0.4 is 5.32 Å². The molecule has 0 bridgehead atoms. The van der Waals surface area contributed by atoms with Crippen LogP contribution in [0, 0.1) is 0 Å². The molecule has 0 spiro atoms. The number of piperazine rings is 1. The molecule has 0 saturated carbocycles. The molecule has 1 fully saturated rings. The number of phenols is 1. The van der Waals surface area contributed by atoms with Crippen LogP contribution in [-0.2, 0) is 0 Å². The summed E-state index contributed by atoms with van der Waals surface area (Å²) in [5.41, 5.74) is 0.338. The predicted octanol–water partition coefficient (Wildman–Crippen LogP) is 3.60. The highest BCUT2D eigenvalue weighted by atomic mass is 35.5. The molecule has 0 radical (unpaired) electrons. The van der Waals surface area contributed by atoms with Crippen LogP contribution in [0.2, 0.25) is 0 Å². The SMILES string of the molecule is Cl.Cl.Oc1ccc2ccccc2c1[C@@H](C(F)F)N1CCNCC1. The number of fused-ring (bicyclic) bond motifs is 1. The zero-order chi connectivity index (χ0) is 14.8. The molecule has 7 heteroatoms. The third kappa shape index (κ3) is 4.04. The van der Waals surface area contributed by atoms with Crippen molar-refractivity contribution in [2.24, 2.45) is 0 Å². The molecule has 2 aromatic rings. The molecule has 1 aliphatic heterocycles. The van der Waals surface area contributed by atoms with E-state index in [-0.39, 0.29) is 30.6 Å². The molecule has 1 heterocycles. The highest BCUT2D eigenvalue weighted by molar-refractivity contribution is 5.88. The second-order valence-electron chi connectivity index (χ2n) is 5.28. The van der Waals surface area contributed by atoms with Crippen LogP contribution in [0.4, 0.5) is 8.78 Å². The van der Waals surface area contributed by atoms with Crippen LogP contribution in [0.5, 0.6) is 5.75 Å². The lowest BCUT2D eigenvalue weighted by Gasteiger charge is -2.35. The Morgan fingerprint density at radius 2 is 1.65 bits per heavy atom. The van der Waals surface area contributed by atoms with Crippen molar-refractivity contribution in [2.45, 2.75) is 12.5 Å². The van der Waals surface area contributed by atoms with Gasteiger partial charge in [0.2, 0.25) is 0 Å². The van der Waals surface area contributed by atoms with Gasteiger partial charge in [0, 0.05) is 31.7 Å². The summed E-state index contributed by atoms with van der Waals surface area (Å²) in [6, 6.07) is 9.54. The number of hydrogen-bond acceptors (Lipinski definition) is 3. The van der Waals surface area contributed by atoms with Crippen molar-refractivity contribution in [2.75, 3.05) is 26.2 Å². The maximum Gasteiger partial charge on any atom is 0.258 e. The van der Waals surface area contributed by atoms with Crippen LogP contribution in [0.1, 0.15) is 11.6 Å². The van der Waals surface area contributed by atoms with Gasteiger partial charge < -0.3 is 10.4 Å². The van der Waals surface area contributed by atoms with Gasteiger partial charge in [-0.05, 0) is 16.8 Å². The predicted molar refractivity (Wildman–Crippen MR) is 93.3 cm³/mol. The second kappa shape index (κ2) is 8.64. The first-order chi connectivity index (χ1) is 10.2. The monoisotopic (exact) mass is 364 g/mol. The minimum Gasteiger partial charge on any atom is -0.508 e. The summed E-state index contributed by atoms with van der Waals surface area (Å²) < 4.78 is 27.4. The number of rotatable bonds is 3. The van der Waals surface area contributed by atoms with E-state index in [4.69, 9.17) is 0 Å². The molecule has 1 atom stereocenters. The molecule has 23 heavy (non-hydrogen) atoms. The third-order valence-corrected chi connectivity index (χ3v) is 4.03. The van der Waals surface area contributed by atoms with E-state index in [2.05, 4.69) is 5.32 Å². The molecule has 3 rings (SSSR count). The smallest absolute Gasteiger partial charge is 0.258 e. The minimum absolute atomic E-state index is 0. The molecule has 1 saturated heterocycles. The number of halogens is 4. The standard InChI is InChI=1S/C16H18F2N2O.2ClH/c17-16(18)15(20-9-7-19-8-10-20)14-12-4-2-1-3-11(12)5-6-13(14)21;;/h1-6,15-16,19,21H,7-10H2;2*1H/t15-;;/m0../s1. The maximum atomic E-state index is 13.7. The van der Waals surface area contributed by atoms with Gasteiger partial charge in [0.25, 0.3) is 6.43 Å². The van der Waals surface area contributed by atoms with Crippen molar-refractivity contribution in [1.29, 1.82) is 0 Å². The lowest BCUT2D eigenvalue weighted by molar-refractivity contribution is 0.0178. The van der Waals surface area contributed by atoms with Gasteiger partial charge in [-0.3, -0.25) is 4.90 Å². The fourth-order valence-electron chi connectivity index (χ4n) is 3.02. The van der Waals surface area contributed by atoms with Gasteiger partial charge in [-0.25, -0.2) is 8.78 Å². The largest absolute Gasteiger partial charge is 0.508 e. The van der Waals surface area contributed by atoms with Crippen molar-refractivity contribution >= 4 is 35.6 Å². The summed E-state index contributed by atoms with van der Waals surface area (Å²) in [7, 11) is 0. The summed E-state index contributed by atoms with van der Waals surface area (Å²) in [4.78, 5) is 1.75. The van der Waals surface area contributed by atoms with E-state index in [1.165, 1.54) is 6.07 Å². The van der Waals surface area contributed by atoms with Gasteiger partial charge in [0.05, 0.1) is 0 Å². The Hall–Kier alpha value is -1.14. The van der Waals surface area contributed by atoms with E-state index < -0.39 is 12.5 Å². The maximum absolute atomic E-state index is 13.7. The van der Waals surface area contributed by atoms with Crippen LogP contribution >= 0.6 is 24.8 Å². The topological polar surface area (TPSA) is 35.5 Å². The van der Waals surface area contributed by atoms with Gasteiger partial charge in [0.15, 0.2) is 0 Å². The molecule has 1 aliphatic rings. The molecular weight excluding hydrogens is 345 g/mol. The molecule has 0 aliphatic carbocycles. The summed E-state index contributed by atoms with van der Waals surface area (Å²) in [6.45, 7) is 2.48. The van der Waals surface area contributed by atoms with Crippen molar-refractivity contribution in [3.05, 3.63) is 42.0 Å². The van der Waals surface area contributed by atoms with Crippen LogP contribution in [0.25, 0.3) is 10.8 Å². The number of alkyl halides is 2. The number of benzene rings is 2. The van der Waals surface area contributed by atoms with Crippen molar-refractivity contribution in [3.8, 4) is 5.75 Å². The zero-order valence-electron chi connectivity index (χ0n) is 12.4. The van der Waals surface area contributed by atoms with Gasteiger partial charge in [-0.1, -0.05) is 30.3 Å². The lowest BCUT2D eigenvalue weighted by atomic mass is 9.96. The highest BCUT2D eigenvalue weighted by Crippen LogP contribution is 2.38. The Kier molecular flexibility index (Phi) is 7.48. The van der Waals surface area contributed by atoms with E-state index >= 15 is 0 Å². The zero-order valence-corrected chi connectivity index (χ0v) is 14.0. The van der Waals surface area contributed by atoms with Crippen LogP contribution in [0.3, 0.4) is 0 Å². The van der Waals surface area contributed by atoms with E-state index in [1.807, 2.05) is 18.2 Å². The normalized spacial score (nSPS) is 16.7. The molecule has 3 nitrogen and oxygen atoms in total. The molecule has 2 aromatic carbocycles. The Bertz CT molecular complexity index is 637. The highest BCUT2D eigenvalue weighted by Gasteiger charge is 2.33. The van der Waals surface area contributed by atoms with Gasteiger partial charge in [-0.15, -0.1) is 24.8 Å². The van der Waals surface area contributed by atoms with Crippen molar-refractivity contribution in [1.82, 2.24) is 10.2 Å². The fraction of sp³-hybridized carbons (Fsp3) is 0.375. The number of phenolic OH excluding ortho intramolecular Hbond substituents is 1. The molecule has 128 valence electrons. The molecular formula is C16H20Cl2F2N2O. The fourth-order valence-corrected chi connectivity index (χ4v) is 3.02. The van der Waals surface area contributed by atoms with E-state index in [0.29, 0.717) is 37.1 Å². The van der Waals surface area contributed by atoms with E-state index in [0.717, 1.165) is 5.39 Å². The Balaban J connectivity index is 0.00000132. The summed E-state index contributed by atoms with van der Waals surface area (Å²) in [5.74, 6) is -0.0578. The van der Waals surface area contributed by atoms with Gasteiger partial charge >= 0.3 is 0 Å². The summed E-state index contributed by atoms with van der Waals surface area (Å²) in [5, 5.41) is 14.9. The number of aromatic hydroxyl groups is 1. The first kappa shape index (κ1) is 19.9. The third-order valence-electron chi connectivity index (χ3n) is 4.03. The van der Waals surface area contributed by atoms with Crippen molar-refractivity contribution < 1.29 is 13.9 Å². The Morgan fingerprint density at radius 1 is 1.00 bits per heavy atom. The number of nitrogens with zero attached hydrogens (tertiary/aromatic N) is 1. The lowest BCUT2D eigenvalue weighted by Crippen LogP contribution is -2.47. The first-order valence-corrected chi connectivity index (χ1v) is 7.12. The second-order valence-corrected chi connectivity index (χ2v) is 5.28. The molecule has 0 amide bonds. The molecule has 2 N–H and O–H groups in total. The number of hydrogen-bond donors (Lipinski definition) is 2. The number of nitrogens with one attached hydrogen (secondary N) is 1. The summed E-state index contributed by atoms with van der Waals surface area (Å²) in [6.07, 6.45) is -2.54. The van der Waals surface area contributed by atoms with E-state index in [9.17, 15) is 13.9 Å². The van der Waals surface area contributed by atoms with Gasteiger partial charge in [-0.2, -0.15) is 0 Å². The van der Waals surface area contributed by atoms with Gasteiger partial charge in [0.1, 0.15) is 11.8 Å². The minimum atomic E-state index is -2.54. The Morgan fingerprint density at radius 3 is 2.30 bits per heavy atom. The van der Waals surface area contributed by atoms with Crippen LogP contribution in [-0.4, -0.2) is 42.6 Å². The quantitative estimate of drug-likeness (QED) is 0.873. The summed E-state index contributed by atoms with van der Waals surface area (Å²) >= 11 is 0. The van der Waals surface area contributed by atoms with Crippen LogP contribution in [0.15, 0.2) is 36.4 Å². The first-order valence-electron chi connectivity index (χ1n) is 7.12. The molecule has 0 unspecified atom stereocenters. The average Bonchev–Trinajstić information content (AvgIpc) is 2.51. The molecule has 0 aromatic heterocycles. The average molecular weight is 365 g/mol. The Labute approximate surface area is 146 Å². The van der Waals surface area contributed by atoms with E-state index in [1.54, 1.807) is 17.0 Å².